The molecule has 0 aliphatic carbocycles. The van der Waals surface area contributed by atoms with E-state index in [1.165, 1.54) is 0 Å². The molecule has 0 radical (unpaired) electrons. The lowest BCUT2D eigenvalue weighted by Crippen LogP contribution is -2.42. The first kappa shape index (κ1) is 19.7. The Morgan fingerprint density at radius 1 is 1.17 bits per heavy atom. The summed E-state index contributed by atoms with van der Waals surface area (Å²) in [5.74, 6) is 0.521. The zero-order chi connectivity index (χ0) is 17.5. The standard InChI is InChI=1S/C15H30N4O3S/c1-5-16-14(17-8-11-23(21,22)15(2,3)4)18-12-13(20)19-9-6-7-10-19/h5-12H2,1-4H3,(H2,16,17,18). The van der Waals surface area contributed by atoms with Crippen molar-refractivity contribution in [2.24, 2.45) is 4.99 Å². The van der Waals surface area contributed by atoms with Crippen LogP contribution in [0.3, 0.4) is 0 Å². The van der Waals surface area contributed by atoms with Crippen molar-refractivity contribution in [2.75, 3.05) is 38.5 Å². The molecule has 0 aromatic rings. The van der Waals surface area contributed by atoms with E-state index in [4.69, 9.17) is 0 Å². The molecule has 1 saturated heterocycles. The van der Waals surface area contributed by atoms with Crippen LogP contribution in [0.1, 0.15) is 40.5 Å². The maximum Gasteiger partial charge on any atom is 0.244 e. The average Bonchev–Trinajstić information content (AvgIpc) is 2.97. The van der Waals surface area contributed by atoms with Crippen LogP contribution in [0.5, 0.6) is 0 Å². The third kappa shape index (κ3) is 6.37. The van der Waals surface area contributed by atoms with E-state index in [0.717, 1.165) is 25.9 Å². The van der Waals surface area contributed by atoms with Crippen molar-refractivity contribution in [3.05, 3.63) is 0 Å². The summed E-state index contributed by atoms with van der Waals surface area (Å²) in [6.45, 7) is 9.61. The zero-order valence-corrected chi connectivity index (χ0v) is 15.5. The van der Waals surface area contributed by atoms with E-state index in [9.17, 15) is 13.2 Å². The van der Waals surface area contributed by atoms with Crippen molar-refractivity contribution >= 4 is 21.7 Å². The van der Waals surface area contributed by atoms with Crippen molar-refractivity contribution < 1.29 is 13.2 Å². The van der Waals surface area contributed by atoms with Gasteiger partial charge in [0.15, 0.2) is 15.8 Å². The predicted molar refractivity (Wildman–Crippen MR) is 93.3 cm³/mol. The van der Waals surface area contributed by atoms with E-state index < -0.39 is 14.6 Å². The van der Waals surface area contributed by atoms with Gasteiger partial charge in [0, 0.05) is 26.2 Å². The number of aliphatic imine (C=N–C) groups is 1. The minimum absolute atomic E-state index is 0.0158. The van der Waals surface area contributed by atoms with Crippen molar-refractivity contribution in [2.45, 2.75) is 45.3 Å². The molecule has 0 unspecified atom stereocenters. The Kier molecular flexibility index (Phi) is 7.31. The van der Waals surface area contributed by atoms with Crippen LogP contribution < -0.4 is 10.6 Å². The van der Waals surface area contributed by atoms with Gasteiger partial charge in [0.1, 0.15) is 6.54 Å². The summed E-state index contributed by atoms with van der Waals surface area (Å²) in [6, 6.07) is 0. The molecule has 0 saturated carbocycles. The molecule has 0 bridgehead atoms. The number of hydrogen-bond donors (Lipinski definition) is 2. The lowest BCUT2D eigenvalue weighted by Gasteiger charge is -2.20. The molecule has 2 N–H and O–H groups in total. The van der Waals surface area contributed by atoms with E-state index in [0.29, 0.717) is 12.5 Å². The summed E-state index contributed by atoms with van der Waals surface area (Å²) in [6.07, 6.45) is 2.11. The number of guanidine groups is 1. The van der Waals surface area contributed by atoms with Crippen LogP contribution in [0.15, 0.2) is 4.99 Å². The minimum atomic E-state index is -3.17. The van der Waals surface area contributed by atoms with E-state index in [2.05, 4.69) is 15.6 Å². The molecule has 0 aromatic heterocycles. The molecular weight excluding hydrogens is 316 g/mol. The highest BCUT2D eigenvalue weighted by Gasteiger charge is 2.28. The number of nitrogens with one attached hydrogen (secondary N) is 2. The number of rotatable bonds is 6. The van der Waals surface area contributed by atoms with Gasteiger partial charge in [0.2, 0.25) is 5.91 Å². The lowest BCUT2D eigenvalue weighted by molar-refractivity contribution is -0.128. The second kappa shape index (κ2) is 8.52. The average molecular weight is 346 g/mol. The summed E-state index contributed by atoms with van der Waals surface area (Å²) in [5.41, 5.74) is 0. The number of hydrogen-bond acceptors (Lipinski definition) is 4. The molecule has 1 rings (SSSR count). The lowest BCUT2D eigenvalue weighted by atomic mass is 10.3. The molecule has 0 spiro atoms. The summed E-state index contributed by atoms with van der Waals surface area (Å²) in [4.78, 5) is 18.1. The summed E-state index contributed by atoms with van der Waals surface area (Å²) >= 11 is 0. The molecule has 0 aromatic carbocycles. The summed E-state index contributed by atoms with van der Waals surface area (Å²) in [5, 5.41) is 6.01. The molecule has 8 heteroatoms. The van der Waals surface area contributed by atoms with Gasteiger partial charge in [0.05, 0.1) is 10.5 Å². The van der Waals surface area contributed by atoms with Crippen LogP contribution in [0.25, 0.3) is 0 Å². The molecule has 1 fully saturated rings. The van der Waals surface area contributed by atoms with Crippen LogP contribution in [0.2, 0.25) is 0 Å². The first-order valence-electron chi connectivity index (χ1n) is 8.19. The Morgan fingerprint density at radius 3 is 2.30 bits per heavy atom. The normalized spacial score (nSPS) is 16.5. The summed E-state index contributed by atoms with van der Waals surface area (Å²) < 4.78 is 23.4. The molecule has 134 valence electrons. The van der Waals surface area contributed by atoms with Crippen molar-refractivity contribution in [1.82, 2.24) is 15.5 Å². The topological polar surface area (TPSA) is 90.9 Å². The minimum Gasteiger partial charge on any atom is -0.357 e. The van der Waals surface area contributed by atoms with Gasteiger partial charge < -0.3 is 15.5 Å². The van der Waals surface area contributed by atoms with Gasteiger partial charge in [-0.2, -0.15) is 0 Å². The van der Waals surface area contributed by atoms with Gasteiger partial charge in [-0.25, -0.2) is 13.4 Å². The second-order valence-electron chi connectivity index (χ2n) is 6.64. The Balaban J connectivity index is 2.51. The molecule has 1 aliphatic heterocycles. The number of sulfone groups is 1. The molecule has 23 heavy (non-hydrogen) atoms. The van der Waals surface area contributed by atoms with Gasteiger partial charge in [-0.3, -0.25) is 4.79 Å². The first-order valence-corrected chi connectivity index (χ1v) is 9.85. The number of carbonyl (C=O) groups is 1. The molecule has 0 atom stereocenters. The van der Waals surface area contributed by atoms with Crippen LogP contribution in [0.4, 0.5) is 0 Å². The van der Waals surface area contributed by atoms with E-state index in [1.54, 1.807) is 20.8 Å². The zero-order valence-electron chi connectivity index (χ0n) is 14.7. The maximum atomic E-state index is 12.1. The molecule has 1 amide bonds. The van der Waals surface area contributed by atoms with Crippen LogP contribution in [0, 0.1) is 0 Å². The van der Waals surface area contributed by atoms with Crippen LogP contribution in [-0.4, -0.2) is 68.4 Å². The van der Waals surface area contributed by atoms with E-state index >= 15 is 0 Å². The quantitative estimate of drug-likeness (QED) is 0.536. The number of nitrogens with zero attached hydrogens (tertiary/aromatic N) is 2. The number of carbonyl (C=O) groups excluding carboxylic acids is 1. The molecule has 7 nitrogen and oxygen atoms in total. The highest BCUT2D eigenvalue weighted by Crippen LogP contribution is 2.15. The molecule has 1 aliphatic rings. The third-order valence-corrected chi connectivity index (χ3v) is 6.38. The van der Waals surface area contributed by atoms with E-state index in [1.807, 2.05) is 11.8 Å². The SMILES string of the molecule is CCNC(=NCC(=O)N1CCCC1)NCCS(=O)(=O)C(C)(C)C. The van der Waals surface area contributed by atoms with Crippen molar-refractivity contribution in [3.63, 3.8) is 0 Å². The second-order valence-corrected chi connectivity index (χ2v) is 9.50. The van der Waals surface area contributed by atoms with Gasteiger partial charge in [-0.1, -0.05) is 0 Å². The predicted octanol–water partition coefficient (Wildman–Crippen LogP) is 0.377. The Labute approximate surface area is 139 Å². The fourth-order valence-corrected chi connectivity index (χ4v) is 3.15. The highest BCUT2D eigenvalue weighted by atomic mass is 32.2. The fraction of sp³-hybridized carbons (Fsp3) is 0.867. The van der Waals surface area contributed by atoms with Gasteiger partial charge >= 0.3 is 0 Å². The van der Waals surface area contributed by atoms with Crippen LogP contribution in [-0.2, 0) is 14.6 Å². The largest absolute Gasteiger partial charge is 0.357 e. The Bertz CT molecular complexity index is 517. The fourth-order valence-electron chi connectivity index (χ4n) is 2.16. The molecular formula is C15H30N4O3S. The first-order chi connectivity index (χ1) is 10.7. The molecule has 1 heterocycles. The smallest absolute Gasteiger partial charge is 0.244 e. The van der Waals surface area contributed by atoms with Gasteiger partial charge in [-0.15, -0.1) is 0 Å². The van der Waals surface area contributed by atoms with Gasteiger partial charge in [0.25, 0.3) is 0 Å². The van der Waals surface area contributed by atoms with Gasteiger partial charge in [-0.05, 0) is 40.5 Å². The van der Waals surface area contributed by atoms with E-state index in [-0.39, 0.29) is 24.7 Å². The highest BCUT2D eigenvalue weighted by molar-refractivity contribution is 7.92. The Morgan fingerprint density at radius 2 is 1.78 bits per heavy atom. The number of likely N-dealkylation sites (tertiary alicyclic amines) is 1. The monoisotopic (exact) mass is 346 g/mol. The number of amides is 1. The maximum absolute atomic E-state index is 12.1. The third-order valence-electron chi connectivity index (χ3n) is 3.77. The van der Waals surface area contributed by atoms with Crippen molar-refractivity contribution in [1.29, 1.82) is 0 Å². The van der Waals surface area contributed by atoms with Crippen LogP contribution >= 0.6 is 0 Å². The van der Waals surface area contributed by atoms with Crippen molar-refractivity contribution in [3.8, 4) is 0 Å². The Hall–Kier alpha value is -1.31. The summed E-state index contributed by atoms with van der Waals surface area (Å²) in [7, 11) is -3.17.